The van der Waals surface area contributed by atoms with Crippen LogP contribution in [0, 0.1) is 6.92 Å². The molecule has 0 radical (unpaired) electrons. The maximum Gasteiger partial charge on any atom is 0.389 e. The van der Waals surface area contributed by atoms with E-state index in [-0.39, 0.29) is 6.42 Å². The van der Waals surface area contributed by atoms with E-state index in [1.165, 1.54) is 0 Å². The topological polar surface area (TPSA) is 21.3 Å². The van der Waals surface area contributed by atoms with Gasteiger partial charge in [0.25, 0.3) is 0 Å². The Kier molecular flexibility index (Phi) is 4.66. The van der Waals surface area contributed by atoms with Crippen LogP contribution in [0.5, 0.6) is 5.75 Å². The normalized spacial score (nSPS) is 11.4. The highest BCUT2D eigenvalue weighted by molar-refractivity contribution is 5.53. The largest absolute Gasteiger partial charge is 0.497 e. The Morgan fingerprint density at radius 3 is 2.53 bits per heavy atom. The SMILES string of the molecule is COc1ccc(NCCCC(F)(F)F)c(C)c1. The highest BCUT2D eigenvalue weighted by atomic mass is 19.4. The van der Waals surface area contributed by atoms with Gasteiger partial charge in [0.15, 0.2) is 0 Å². The Hall–Kier alpha value is -1.39. The van der Waals surface area contributed by atoms with Crippen molar-refractivity contribution < 1.29 is 17.9 Å². The van der Waals surface area contributed by atoms with E-state index in [4.69, 9.17) is 4.74 Å². The number of nitrogens with one attached hydrogen (secondary N) is 1. The van der Waals surface area contributed by atoms with Gasteiger partial charge in [0.1, 0.15) is 5.75 Å². The Labute approximate surface area is 98.8 Å². The van der Waals surface area contributed by atoms with Crippen LogP contribution in [0.15, 0.2) is 18.2 Å². The Bertz CT molecular complexity index is 363. The summed E-state index contributed by atoms with van der Waals surface area (Å²) in [6.07, 6.45) is -4.75. The molecule has 0 aliphatic rings. The van der Waals surface area contributed by atoms with Crippen LogP contribution < -0.4 is 10.1 Å². The highest BCUT2D eigenvalue weighted by Crippen LogP contribution is 2.23. The molecule has 1 aromatic rings. The van der Waals surface area contributed by atoms with Crippen LogP contribution in [0.3, 0.4) is 0 Å². The van der Waals surface area contributed by atoms with Gasteiger partial charge in [0, 0.05) is 18.7 Å². The first-order valence-corrected chi connectivity index (χ1v) is 5.37. The van der Waals surface area contributed by atoms with Crippen molar-refractivity contribution in [3.05, 3.63) is 23.8 Å². The summed E-state index contributed by atoms with van der Waals surface area (Å²) in [5.74, 6) is 0.739. The zero-order valence-corrected chi connectivity index (χ0v) is 9.90. The maximum atomic E-state index is 11.9. The van der Waals surface area contributed by atoms with Gasteiger partial charge in [-0.25, -0.2) is 0 Å². The molecule has 0 aromatic heterocycles. The summed E-state index contributed by atoms with van der Waals surface area (Å²) in [5.41, 5.74) is 1.80. The fourth-order valence-electron chi connectivity index (χ4n) is 1.47. The van der Waals surface area contributed by atoms with Crippen molar-refractivity contribution in [1.82, 2.24) is 0 Å². The lowest BCUT2D eigenvalue weighted by Gasteiger charge is -2.11. The smallest absolute Gasteiger partial charge is 0.389 e. The van der Waals surface area contributed by atoms with Crippen molar-refractivity contribution in [2.45, 2.75) is 25.9 Å². The van der Waals surface area contributed by atoms with Crippen molar-refractivity contribution in [3.63, 3.8) is 0 Å². The number of halogens is 3. The van der Waals surface area contributed by atoms with Gasteiger partial charge in [-0.05, 0) is 37.1 Å². The molecule has 0 aliphatic heterocycles. The van der Waals surface area contributed by atoms with Crippen LogP contribution in [0.2, 0.25) is 0 Å². The number of ether oxygens (including phenoxy) is 1. The third-order valence-corrected chi connectivity index (χ3v) is 2.39. The van der Waals surface area contributed by atoms with Crippen molar-refractivity contribution in [1.29, 1.82) is 0 Å². The first kappa shape index (κ1) is 13.7. The van der Waals surface area contributed by atoms with E-state index < -0.39 is 12.6 Å². The molecule has 0 amide bonds. The summed E-state index contributed by atoms with van der Waals surface area (Å²) in [5, 5.41) is 2.98. The number of rotatable bonds is 5. The standard InChI is InChI=1S/C12H16F3NO/c1-9-8-10(17-2)4-5-11(9)16-7-3-6-12(13,14)15/h4-5,8,16H,3,6-7H2,1-2H3. The van der Waals surface area contributed by atoms with E-state index in [1.807, 2.05) is 19.1 Å². The predicted molar refractivity (Wildman–Crippen MR) is 61.5 cm³/mol. The maximum absolute atomic E-state index is 11.9. The first-order chi connectivity index (χ1) is 7.92. The van der Waals surface area contributed by atoms with Crippen LogP contribution in [0.1, 0.15) is 18.4 Å². The predicted octanol–water partition coefficient (Wildman–Crippen LogP) is 3.76. The van der Waals surface area contributed by atoms with E-state index in [2.05, 4.69) is 5.32 Å². The molecule has 0 bridgehead atoms. The minimum absolute atomic E-state index is 0.0783. The number of anilines is 1. The van der Waals surface area contributed by atoms with Gasteiger partial charge in [-0.2, -0.15) is 13.2 Å². The summed E-state index contributed by atoms with van der Waals surface area (Å²) in [4.78, 5) is 0. The van der Waals surface area contributed by atoms with E-state index in [0.717, 1.165) is 17.0 Å². The number of benzene rings is 1. The number of alkyl halides is 3. The van der Waals surface area contributed by atoms with Crippen LogP contribution in [-0.2, 0) is 0 Å². The average Bonchev–Trinajstić information content (AvgIpc) is 2.24. The lowest BCUT2D eigenvalue weighted by atomic mass is 10.2. The lowest BCUT2D eigenvalue weighted by molar-refractivity contribution is -0.134. The molecule has 96 valence electrons. The average molecular weight is 247 g/mol. The summed E-state index contributed by atoms with van der Waals surface area (Å²) < 4.78 is 40.8. The van der Waals surface area contributed by atoms with Crippen LogP contribution >= 0.6 is 0 Å². The third kappa shape index (κ3) is 4.97. The van der Waals surface area contributed by atoms with Gasteiger partial charge in [0.2, 0.25) is 0 Å². The number of aryl methyl sites for hydroxylation is 1. The fourth-order valence-corrected chi connectivity index (χ4v) is 1.47. The zero-order chi connectivity index (χ0) is 12.9. The summed E-state index contributed by atoms with van der Waals surface area (Å²) in [7, 11) is 1.57. The number of methoxy groups -OCH3 is 1. The molecule has 17 heavy (non-hydrogen) atoms. The quantitative estimate of drug-likeness (QED) is 0.800. The zero-order valence-electron chi connectivity index (χ0n) is 9.90. The van der Waals surface area contributed by atoms with Crippen LogP contribution in [-0.4, -0.2) is 19.8 Å². The molecule has 0 unspecified atom stereocenters. The van der Waals surface area contributed by atoms with E-state index in [0.29, 0.717) is 6.54 Å². The van der Waals surface area contributed by atoms with E-state index in [1.54, 1.807) is 13.2 Å². The van der Waals surface area contributed by atoms with Gasteiger partial charge in [-0.1, -0.05) is 0 Å². The second kappa shape index (κ2) is 5.80. The highest BCUT2D eigenvalue weighted by Gasteiger charge is 2.25. The van der Waals surface area contributed by atoms with Gasteiger partial charge < -0.3 is 10.1 Å². The molecule has 0 fully saturated rings. The fraction of sp³-hybridized carbons (Fsp3) is 0.500. The minimum Gasteiger partial charge on any atom is -0.497 e. The minimum atomic E-state index is -4.07. The van der Waals surface area contributed by atoms with Gasteiger partial charge >= 0.3 is 6.18 Å². The molecule has 0 spiro atoms. The Morgan fingerprint density at radius 2 is 2.00 bits per heavy atom. The molecule has 0 saturated heterocycles. The van der Waals surface area contributed by atoms with E-state index in [9.17, 15) is 13.2 Å². The summed E-state index contributed by atoms with van der Waals surface area (Å²) >= 11 is 0. The summed E-state index contributed by atoms with van der Waals surface area (Å²) in [6.45, 7) is 2.20. The van der Waals surface area contributed by atoms with Crippen molar-refractivity contribution >= 4 is 5.69 Å². The Balaban J connectivity index is 2.42. The Morgan fingerprint density at radius 1 is 1.29 bits per heavy atom. The van der Waals surface area contributed by atoms with E-state index >= 15 is 0 Å². The molecule has 0 saturated carbocycles. The molecular formula is C12H16F3NO. The van der Waals surface area contributed by atoms with Gasteiger partial charge in [-0.3, -0.25) is 0 Å². The van der Waals surface area contributed by atoms with Gasteiger partial charge in [0.05, 0.1) is 7.11 Å². The molecule has 1 aromatic carbocycles. The third-order valence-electron chi connectivity index (χ3n) is 2.39. The van der Waals surface area contributed by atoms with Gasteiger partial charge in [-0.15, -0.1) is 0 Å². The molecule has 0 atom stereocenters. The first-order valence-electron chi connectivity index (χ1n) is 5.37. The molecule has 0 heterocycles. The molecule has 2 nitrogen and oxygen atoms in total. The lowest BCUT2D eigenvalue weighted by Crippen LogP contribution is -2.11. The second-order valence-corrected chi connectivity index (χ2v) is 3.83. The molecular weight excluding hydrogens is 231 g/mol. The number of hydrogen-bond acceptors (Lipinski definition) is 2. The molecule has 1 rings (SSSR count). The van der Waals surface area contributed by atoms with Crippen LogP contribution in [0.25, 0.3) is 0 Å². The summed E-state index contributed by atoms with van der Waals surface area (Å²) in [6, 6.07) is 5.42. The second-order valence-electron chi connectivity index (χ2n) is 3.83. The van der Waals surface area contributed by atoms with Crippen molar-refractivity contribution in [2.24, 2.45) is 0 Å². The molecule has 5 heteroatoms. The van der Waals surface area contributed by atoms with Crippen molar-refractivity contribution in [3.8, 4) is 5.75 Å². The van der Waals surface area contributed by atoms with Crippen LogP contribution in [0.4, 0.5) is 18.9 Å². The molecule has 1 N–H and O–H groups in total. The van der Waals surface area contributed by atoms with Crippen molar-refractivity contribution in [2.75, 3.05) is 19.0 Å². The number of hydrogen-bond donors (Lipinski definition) is 1. The monoisotopic (exact) mass is 247 g/mol. The molecule has 0 aliphatic carbocycles.